The molecule has 0 bridgehead atoms. The van der Waals surface area contributed by atoms with Gasteiger partial charge in [-0.05, 0) is 48.9 Å². The number of hydrogen-bond donors (Lipinski definition) is 1. The highest BCUT2D eigenvalue weighted by Gasteiger charge is 2.29. The van der Waals surface area contributed by atoms with E-state index in [1.165, 1.54) is 35.5 Å². The fraction of sp³-hybridized carbons (Fsp3) is 0.375. The van der Waals surface area contributed by atoms with Crippen LogP contribution in [0.5, 0.6) is 0 Å². The number of ether oxygens (including phenoxy) is 1. The van der Waals surface area contributed by atoms with Crippen LogP contribution in [-0.2, 0) is 19.6 Å². The number of sulfonamides is 1. The largest absolute Gasteiger partial charge is 0.462 e. The first-order chi connectivity index (χ1) is 16.2. The molecular formula is C24H29N3O6S. The Hall–Kier alpha value is -3.24. The molecule has 1 heterocycles. The summed E-state index contributed by atoms with van der Waals surface area (Å²) in [6.07, 6.45) is 1.72. The second-order valence-electron chi connectivity index (χ2n) is 7.96. The van der Waals surface area contributed by atoms with Crippen molar-refractivity contribution in [3.05, 3.63) is 59.7 Å². The SMILES string of the molecule is CCCCOC(=O)c1ccc(NC(=O)c2cccc(S(=O)(=O)N3CCN(C(C)=O)CC3)c2)cc1. The van der Waals surface area contributed by atoms with Crippen molar-refractivity contribution in [2.45, 2.75) is 31.6 Å². The molecule has 10 heteroatoms. The van der Waals surface area contributed by atoms with E-state index >= 15 is 0 Å². The summed E-state index contributed by atoms with van der Waals surface area (Å²) in [6, 6.07) is 12.1. The Kier molecular flexibility index (Phi) is 8.41. The van der Waals surface area contributed by atoms with Gasteiger partial charge in [0.25, 0.3) is 5.91 Å². The molecule has 1 saturated heterocycles. The number of nitrogens with zero attached hydrogens (tertiary/aromatic N) is 2. The van der Waals surface area contributed by atoms with Gasteiger partial charge in [-0.3, -0.25) is 9.59 Å². The first-order valence-corrected chi connectivity index (χ1v) is 12.6. The Morgan fingerprint density at radius 1 is 0.971 bits per heavy atom. The van der Waals surface area contributed by atoms with Crippen molar-refractivity contribution in [2.75, 3.05) is 38.1 Å². The van der Waals surface area contributed by atoms with Crippen LogP contribution in [0.4, 0.5) is 5.69 Å². The molecule has 0 spiro atoms. The van der Waals surface area contributed by atoms with Crippen molar-refractivity contribution < 1.29 is 27.5 Å². The van der Waals surface area contributed by atoms with Gasteiger partial charge in [-0.2, -0.15) is 4.31 Å². The molecule has 0 unspecified atom stereocenters. The number of esters is 1. The van der Waals surface area contributed by atoms with Crippen LogP contribution in [0, 0.1) is 0 Å². The second-order valence-corrected chi connectivity index (χ2v) is 9.90. The zero-order chi connectivity index (χ0) is 24.7. The van der Waals surface area contributed by atoms with Crippen LogP contribution in [0.2, 0.25) is 0 Å². The topological polar surface area (TPSA) is 113 Å². The lowest BCUT2D eigenvalue weighted by Gasteiger charge is -2.33. The first kappa shape index (κ1) is 25.4. The number of anilines is 1. The number of benzene rings is 2. The van der Waals surface area contributed by atoms with E-state index < -0.39 is 21.9 Å². The molecule has 2 aromatic carbocycles. The number of nitrogens with one attached hydrogen (secondary N) is 1. The molecule has 182 valence electrons. The summed E-state index contributed by atoms with van der Waals surface area (Å²) in [5, 5.41) is 2.71. The Labute approximate surface area is 199 Å². The second kappa shape index (κ2) is 11.3. The first-order valence-electron chi connectivity index (χ1n) is 11.2. The van der Waals surface area contributed by atoms with Gasteiger partial charge in [-0.25, -0.2) is 13.2 Å². The summed E-state index contributed by atoms with van der Waals surface area (Å²) >= 11 is 0. The van der Waals surface area contributed by atoms with Crippen molar-refractivity contribution in [3.8, 4) is 0 Å². The van der Waals surface area contributed by atoms with Crippen LogP contribution in [-0.4, -0.2) is 68.2 Å². The standard InChI is InChI=1S/C24H29N3O6S/c1-3-4-16-33-24(30)19-8-10-21(11-9-19)25-23(29)20-6-5-7-22(17-20)34(31,32)27-14-12-26(13-15-27)18(2)28/h5-11,17H,3-4,12-16H2,1-2H3,(H,25,29). The lowest BCUT2D eigenvalue weighted by atomic mass is 10.2. The maximum atomic E-state index is 13.0. The van der Waals surface area contributed by atoms with Crippen LogP contribution in [0.25, 0.3) is 0 Å². The Balaban J connectivity index is 1.65. The molecule has 2 aromatic rings. The molecule has 9 nitrogen and oxygen atoms in total. The molecule has 2 amide bonds. The quantitative estimate of drug-likeness (QED) is 0.453. The molecule has 0 atom stereocenters. The number of carbonyl (C=O) groups excluding carboxylic acids is 3. The minimum atomic E-state index is -3.80. The van der Waals surface area contributed by atoms with Gasteiger partial charge in [0.15, 0.2) is 0 Å². The highest BCUT2D eigenvalue weighted by molar-refractivity contribution is 7.89. The van der Waals surface area contributed by atoms with Crippen LogP contribution in [0.1, 0.15) is 47.4 Å². The molecule has 0 saturated carbocycles. The third kappa shape index (κ3) is 6.21. The molecule has 0 radical (unpaired) electrons. The average Bonchev–Trinajstić information content (AvgIpc) is 2.84. The number of unbranched alkanes of at least 4 members (excludes halogenated alkanes) is 1. The predicted octanol–water partition coefficient (Wildman–Crippen LogP) is 2.75. The van der Waals surface area contributed by atoms with Gasteiger partial charge < -0.3 is 15.0 Å². The average molecular weight is 488 g/mol. The number of hydrogen-bond acceptors (Lipinski definition) is 6. The smallest absolute Gasteiger partial charge is 0.338 e. The monoisotopic (exact) mass is 487 g/mol. The molecule has 3 rings (SSSR count). The lowest BCUT2D eigenvalue weighted by molar-refractivity contribution is -0.129. The zero-order valence-corrected chi connectivity index (χ0v) is 20.1. The van der Waals surface area contributed by atoms with Gasteiger partial charge in [0.05, 0.1) is 17.1 Å². The maximum Gasteiger partial charge on any atom is 0.338 e. The van der Waals surface area contributed by atoms with Gasteiger partial charge in [0, 0.05) is 44.4 Å². The van der Waals surface area contributed by atoms with Crippen molar-refractivity contribution in [2.24, 2.45) is 0 Å². The van der Waals surface area contributed by atoms with E-state index in [4.69, 9.17) is 4.74 Å². The number of piperazine rings is 1. The third-order valence-corrected chi connectivity index (χ3v) is 7.42. The molecule has 1 aliphatic heterocycles. The minimum Gasteiger partial charge on any atom is -0.462 e. The number of carbonyl (C=O) groups is 3. The van der Waals surface area contributed by atoms with Gasteiger partial charge in [-0.15, -0.1) is 0 Å². The molecule has 1 fully saturated rings. The Morgan fingerprint density at radius 3 is 2.26 bits per heavy atom. The molecule has 1 aliphatic rings. The number of rotatable bonds is 8. The van der Waals surface area contributed by atoms with Crippen molar-refractivity contribution >= 4 is 33.5 Å². The van der Waals surface area contributed by atoms with Crippen LogP contribution < -0.4 is 5.32 Å². The highest BCUT2D eigenvalue weighted by atomic mass is 32.2. The van der Waals surface area contributed by atoms with E-state index in [1.807, 2.05) is 6.92 Å². The van der Waals surface area contributed by atoms with Crippen LogP contribution in [0.3, 0.4) is 0 Å². The molecular weight excluding hydrogens is 458 g/mol. The van der Waals surface area contributed by atoms with Crippen LogP contribution in [0.15, 0.2) is 53.4 Å². The summed E-state index contributed by atoms with van der Waals surface area (Å²) in [6.45, 7) is 4.89. The third-order valence-electron chi connectivity index (χ3n) is 5.53. The molecule has 1 N–H and O–H groups in total. The molecule has 0 aliphatic carbocycles. The van der Waals surface area contributed by atoms with Crippen LogP contribution >= 0.6 is 0 Å². The maximum absolute atomic E-state index is 13.0. The molecule has 0 aromatic heterocycles. The van der Waals surface area contributed by atoms with Gasteiger partial charge in [-0.1, -0.05) is 19.4 Å². The summed E-state index contributed by atoms with van der Waals surface area (Å²) in [5.41, 5.74) is 1.03. The summed E-state index contributed by atoms with van der Waals surface area (Å²) in [4.78, 5) is 37.8. The zero-order valence-electron chi connectivity index (χ0n) is 19.3. The van der Waals surface area contributed by atoms with E-state index in [1.54, 1.807) is 29.2 Å². The summed E-state index contributed by atoms with van der Waals surface area (Å²) in [5.74, 6) is -0.984. The highest BCUT2D eigenvalue weighted by Crippen LogP contribution is 2.20. The van der Waals surface area contributed by atoms with Gasteiger partial charge in [0.1, 0.15) is 0 Å². The van der Waals surface area contributed by atoms with Crippen molar-refractivity contribution in [3.63, 3.8) is 0 Å². The van der Waals surface area contributed by atoms with Gasteiger partial charge >= 0.3 is 5.97 Å². The van der Waals surface area contributed by atoms with E-state index in [0.29, 0.717) is 30.9 Å². The van der Waals surface area contributed by atoms with Crippen molar-refractivity contribution in [1.29, 1.82) is 0 Å². The fourth-order valence-electron chi connectivity index (χ4n) is 3.48. The fourth-order valence-corrected chi connectivity index (χ4v) is 4.94. The van der Waals surface area contributed by atoms with E-state index in [-0.39, 0.29) is 29.5 Å². The minimum absolute atomic E-state index is 0.0154. The van der Waals surface area contributed by atoms with Crippen molar-refractivity contribution in [1.82, 2.24) is 9.21 Å². The number of amides is 2. The summed E-state index contributed by atoms with van der Waals surface area (Å²) < 4.78 is 32.6. The Morgan fingerprint density at radius 2 is 1.65 bits per heavy atom. The summed E-state index contributed by atoms with van der Waals surface area (Å²) in [7, 11) is -3.80. The Bertz CT molecular complexity index is 1140. The predicted molar refractivity (Wildman–Crippen MR) is 127 cm³/mol. The lowest BCUT2D eigenvalue weighted by Crippen LogP contribution is -2.49. The molecule has 34 heavy (non-hydrogen) atoms. The van der Waals surface area contributed by atoms with Gasteiger partial charge in [0.2, 0.25) is 15.9 Å². The van der Waals surface area contributed by atoms with E-state index in [9.17, 15) is 22.8 Å². The van der Waals surface area contributed by atoms with E-state index in [0.717, 1.165) is 12.8 Å². The van der Waals surface area contributed by atoms with E-state index in [2.05, 4.69) is 5.32 Å². The normalized spacial score (nSPS) is 14.5.